The number of amides is 1. The van der Waals surface area contributed by atoms with E-state index in [1.807, 2.05) is 13.8 Å². The number of hydrogen-bond acceptors (Lipinski definition) is 3. The van der Waals surface area contributed by atoms with Crippen LogP contribution < -0.4 is 0 Å². The average molecular weight is 317 g/mol. The van der Waals surface area contributed by atoms with Crippen LogP contribution in [0.5, 0.6) is 0 Å². The van der Waals surface area contributed by atoms with E-state index in [0.29, 0.717) is 17.7 Å². The van der Waals surface area contributed by atoms with Gasteiger partial charge in [-0.05, 0) is 30.4 Å². The van der Waals surface area contributed by atoms with E-state index in [2.05, 4.69) is 0 Å². The van der Waals surface area contributed by atoms with Gasteiger partial charge < -0.3 is 14.7 Å². The molecule has 1 amide bonds. The number of fused-ring (bicyclic) bond motifs is 1. The van der Waals surface area contributed by atoms with Crippen LogP contribution in [0.2, 0.25) is 0 Å². The summed E-state index contributed by atoms with van der Waals surface area (Å²) in [6, 6.07) is 6.74. The van der Waals surface area contributed by atoms with Crippen LogP contribution in [0.15, 0.2) is 24.3 Å². The lowest BCUT2D eigenvalue weighted by Gasteiger charge is -2.43. The van der Waals surface area contributed by atoms with Crippen molar-refractivity contribution in [1.82, 2.24) is 4.90 Å². The third-order valence-electron chi connectivity index (χ3n) is 4.86. The minimum absolute atomic E-state index is 0.0138. The van der Waals surface area contributed by atoms with Crippen LogP contribution in [-0.2, 0) is 9.53 Å². The maximum Gasteiger partial charge on any atom is 0.313 e. The summed E-state index contributed by atoms with van der Waals surface area (Å²) < 4.78 is 5.67. The first-order chi connectivity index (χ1) is 11.0. The van der Waals surface area contributed by atoms with Gasteiger partial charge in [-0.15, -0.1) is 0 Å². The lowest BCUT2D eigenvalue weighted by Crippen LogP contribution is -2.54. The Morgan fingerprint density at radius 1 is 1.39 bits per heavy atom. The van der Waals surface area contributed by atoms with Crippen molar-refractivity contribution in [3.05, 3.63) is 35.4 Å². The van der Waals surface area contributed by atoms with Gasteiger partial charge in [0.15, 0.2) is 0 Å². The Morgan fingerprint density at radius 2 is 2.13 bits per heavy atom. The fourth-order valence-electron chi connectivity index (χ4n) is 3.85. The van der Waals surface area contributed by atoms with Crippen molar-refractivity contribution in [2.75, 3.05) is 13.2 Å². The Bertz CT molecular complexity index is 607. The van der Waals surface area contributed by atoms with Gasteiger partial charge >= 0.3 is 5.97 Å². The summed E-state index contributed by atoms with van der Waals surface area (Å²) in [7, 11) is 0. The first-order valence-corrected chi connectivity index (χ1v) is 8.25. The zero-order valence-corrected chi connectivity index (χ0v) is 13.6. The third-order valence-corrected chi connectivity index (χ3v) is 4.86. The smallest absolute Gasteiger partial charge is 0.313 e. The molecule has 0 spiro atoms. The lowest BCUT2D eigenvalue weighted by molar-refractivity contribution is -0.141. The fourth-order valence-corrected chi connectivity index (χ4v) is 3.85. The van der Waals surface area contributed by atoms with Crippen LogP contribution >= 0.6 is 0 Å². The van der Waals surface area contributed by atoms with Gasteiger partial charge in [0.1, 0.15) is 5.92 Å². The molecule has 5 heteroatoms. The Kier molecular flexibility index (Phi) is 4.39. The van der Waals surface area contributed by atoms with Crippen LogP contribution in [0.25, 0.3) is 0 Å². The van der Waals surface area contributed by atoms with Crippen LogP contribution in [-0.4, -0.2) is 47.2 Å². The SMILES string of the molecule is CC(C)C1C(C(=O)O)c2ccccc2C(=O)N1CC1CCCO1. The molecule has 0 radical (unpaired) electrons. The summed E-state index contributed by atoms with van der Waals surface area (Å²) in [6.07, 6.45) is 1.94. The van der Waals surface area contributed by atoms with Crippen LogP contribution in [0.4, 0.5) is 0 Å². The van der Waals surface area contributed by atoms with E-state index in [1.165, 1.54) is 0 Å². The van der Waals surface area contributed by atoms with Crippen molar-refractivity contribution in [3.8, 4) is 0 Å². The molecule has 2 aliphatic rings. The molecule has 2 aliphatic heterocycles. The molecule has 1 aromatic carbocycles. The fraction of sp³-hybridized carbons (Fsp3) is 0.556. The highest BCUT2D eigenvalue weighted by atomic mass is 16.5. The van der Waals surface area contributed by atoms with Crippen LogP contribution in [0, 0.1) is 5.92 Å². The molecule has 0 aromatic heterocycles. The normalized spacial score (nSPS) is 27.3. The predicted octanol–water partition coefficient (Wildman–Crippen LogP) is 2.51. The second-order valence-corrected chi connectivity index (χ2v) is 6.73. The van der Waals surface area contributed by atoms with Gasteiger partial charge in [0, 0.05) is 18.7 Å². The Morgan fingerprint density at radius 3 is 2.74 bits per heavy atom. The van der Waals surface area contributed by atoms with Gasteiger partial charge in [0.25, 0.3) is 5.91 Å². The van der Waals surface area contributed by atoms with Gasteiger partial charge in [0.05, 0.1) is 12.1 Å². The van der Waals surface area contributed by atoms with Crippen molar-refractivity contribution in [2.45, 2.75) is 44.8 Å². The first-order valence-electron chi connectivity index (χ1n) is 8.25. The monoisotopic (exact) mass is 317 g/mol. The van der Waals surface area contributed by atoms with Crippen molar-refractivity contribution in [1.29, 1.82) is 0 Å². The molecule has 1 fully saturated rings. The Balaban J connectivity index is 2.03. The number of carbonyl (C=O) groups excluding carboxylic acids is 1. The van der Waals surface area contributed by atoms with Crippen molar-refractivity contribution >= 4 is 11.9 Å². The largest absolute Gasteiger partial charge is 0.481 e. The molecule has 0 saturated carbocycles. The van der Waals surface area contributed by atoms with Gasteiger partial charge in [-0.25, -0.2) is 0 Å². The summed E-state index contributed by atoms with van der Waals surface area (Å²) in [5.74, 6) is -1.59. The molecule has 23 heavy (non-hydrogen) atoms. The van der Waals surface area contributed by atoms with E-state index in [-0.39, 0.29) is 24.0 Å². The molecular formula is C18H23NO4. The second-order valence-electron chi connectivity index (χ2n) is 6.73. The molecule has 2 heterocycles. The zero-order chi connectivity index (χ0) is 16.6. The highest BCUT2D eigenvalue weighted by molar-refractivity contribution is 6.00. The maximum absolute atomic E-state index is 13.0. The molecule has 5 nitrogen and oxygen atoms in total. The molecule has 1 aromatic rings. The van der Waals surface area contributed by atoms with Crippen molar-refractivity contribution < 1.29 is 19.4 Å². The minimum atomic E-state index is -0.874. The highest BCUT2D eigenvalue weighted by Gasteiger charge is 2.45. The number of ether oxygens (including phenoxy) is 1. The Hall–Kier alpha value is -1.88. The summed E-state index contributed by atoms with van der Waals surface area (Å²) in [4.78, 5) is 26.7. The van der Waals surface area contributed by atoms with Gasteiger partial charge in [-0.1, -0.05) is 32.0 Å². The summed E-state index contributed by atoms with van der Waals surface area (Å²) in [5, 5.41) is 9.80. The summed E-state index contributed by atoms with van der Waals surface area (Å²) >= 11 is 0. The number of benzene rings is 1. The van der Waals surface area contributed by atoms with Crippen molar-refractivity contribution in [3.63, 3.8) is 0 Å². The van der Waals surface area contributed by atoms with Gasteiger partial charge in [0.2, 0.25) is 0 Å². The molecule has 3 rings (SSSR count). The number of nitrogens with zero attached hydrogens (tertiary/aromatic N) is 1. The van der Waals surface area contributed by atoms with E-state index >= 15 is 0 Å². The number of carbonyl (C=O) groups is 2. The van der Waals surface area contributed by atoms with E-state index in [1.54, 1.807) is 29.2 Å². The average Bonchev–Trinajstić information content (AvgIpc) is 3.02. The minimum Gasteiger partial charge on any atom is -0.481 e. The summed E-state index contributed by atoms with van der Waals surface area (Å²) in [5.41, 5.74) is 1.14. The predicted molar refractivity (Wildman–Crippen MR) is 85.5 cm³/mol. The number of aliphatic carboxylic acids is 1. The summed E-state index contributed by atoms with van der Waals surface area (Å²) in [6.45, 7) is 5.15. The topological polar surface area (TPSA) is 66.8 Å². The van der Waals surface area contributed by atoms with Crippen molar-refractivity contribution in [2.24, 2.45) is 5.92 Å². The molecule has 124 valence electrons. The molecular weight excluding hydrogens is 294 g/mol. The molecule has 0 aliphatic carbocycles. The molecule has 1 N–H and O–H groups in total. The quantitative estimate of drug-likeness (QED) is 0.926. The van der Waals surface area contributed by atoms with Gasteiger partial charge in [-0.3, -0.25) is 9.59 Å². The second kappa shape index (κ2) is 6.32. The number of hydrogen-bond donors (Lipinski definition) is 1. The molecule has 0 bridgehead atoms. The van der Waals surface area contributed by atoms with Crippen LogP contribution in [0.1, 0.15) is 48.5 Å². The lowest BCUT2D eigenvalue weighted by atomic mass is 9.78. The van der Waals surface area contributed by atoms with E-state index in [4.69, 9.17) is 4.74 Å². The van der Waals surface area contributed by atoms with E-state index < -0.39 is 11.9 Å². The molecule has 1 saturated heterocycles. The third kappa shape index (κ3) is 2.85. The van der Waals surface area contributed by atoms with Gasteiger partial charge in [-0.2, -0.15) is 0 Å². The number of carboxylic acids is 1. The number of rotatable bonds is 4. The maximum atomic E-state index is 13.0. The standard InChI is InChI=1S/C18H23NO4/c1-11(2)16-15(18(21)22)13-7-3-4-8-14(13)17(20)19(16)10-12-6-5-9-23-12/h3-4,7-8,11-12,15-16H,5-6,9-10H2,1-2H3,(H,21,22). The molecule has 3 atom stereocenters. The van der Waals surface area contributed by atoms with E-state index in [9.17, 15) is 14.7 Å². The Labute approximate surface area is 136 Å². The zero-order valence-electron chi connectivity index (χ0n) is 13.6. The number of carboxylic acid groups (broad SMARTS) is 1. The first kappa shape index (κ1) is 16.0. The van der Waals surface area contributed by atoms with Crippen LogP contribution in [0.3, 0.4) is 0 Å². The molecule has 3 unspecified atom stereocenters. The van der Waals surface area contributed by atoms with E-state index in [0.717, 1.165) is 19.4 Å². The highest BCUT2D eigenvalue weighted by Crippen LogP contribution is 2.37.